The summed E-state index contributed by atoms with van der Waals surface area (Å²) in [6.45, 7) is -2.27. The molecule has 0 bridgehead atoms. The number of aliphatic hydroxyl groups is 8. The zero-order valence-corrected chi connectivity index (χ0v) is 48.9. The van der Waals surface area contributed by atoms with Crippen LogP contribution in [0.2, 0.25) is 0 Å². The number of carboxylic acid groups (broad SMARTS) is 2. The highest BCUT2D eigenvalue weighted by Gasteiger charge is 2.32. The van der Waals surface area contributed by atoms with Crippen molar-refractivity contribution in [3.63, 3.8) is 0 Å². The number of hydrogen-bond donors (Lipinski definition) is 12. The van der Waals surface area contributed by atoms with Crippen LogP contribution in [0.5, 0.6) is 0 Å². The zero-order valence-electron chi connectivity index (χ0n) is 35.9. The quantitative estimate of drug-likeness (QED) is 0.0462. The number of likely N-dealkylation sites (N-methyl/N-ethyl adjacent to an activating group) is 4. The van der Waals surface area contributed by atoms with Gasteiger partial charge in [0.15, 0.2) is 0 Å². The van der Waals surface area contributed by atoms with Crippen molar-refractivity contribution in [3.05, 3.63) is 43.7 Å². The van der Waals surface area contributed by atoms with Crippen molar-refractivity contribution < 1.29 is 79.8 Å². The van der Waals surface area contributed by atoms with Gasteiger partial charge in [-0.05, 0) is 148 Å². The lowest BCUT2D eigenvalue weighted by atomic mass is 10.1. The molecule has 0 aliphatic carbocycles. The number of carboxylic acids is 2. The normalized spacial score (nSPS) is 12.6. The number of nitrogens with zero attached hydrogens (tertiary/aromatic N) is 4. The number of hydrogen-bond acceptors (Lipinski definition) is 16. The molecule has 2 aromatic rings. The molecule has 0 heterocycles. The van der Waals surface area contributed by atoms with E-state index in [0.29, 0.717) is 34.3 Å². The first kappa shape index (κ1) is 64.9. The van der Waals surface area contributed by atoms with Crippen molar-refractivity contribution in [2.75, 3.05) is 92.3 Å². The molecule has 0 saturated carbocycles. The minimum absolute atomic E-state index is 0.0628. The number of halogens is 6. The number of aliphatic carboxylic acids is 2. The molecule has 4 unspecified atom stereocenters. The molecule has 22 nitrogen and oxygen atoms in total. The van der Waals surface area contributed by atoms with Gasteiger partial charge in [0.25, 0.3) is 23.6 Å². The summed E-state index contributed by atoms with van der Waals surface area (Å²) < 4.78 is 2.72. The Labute approximate surface area is 462 Å². The summed E-state index contributed by atoms with van der Waals surface area (Å²) in [7, 11) is 5.92. The van der Waals surface area contributed by atoms with E-state index in [9.17, 15) is 49.2 Å². The van der Waals surface area contributed by atoms with Gasteiger partial charge in [-0.2, -0.15) is 0 Å². The third-order valence-corrected chi connectivity index (χ3v) is 15.4. The first-order valence-electron chi connectivity index (χ1n) is 19.1. The standard InChI is InChI=1S/2C16H22I3N3O6.C6H10O4/c2*1-21(3-7(25)5-23)15(27)9-11(17)10(13(19)14(20)12(9)18)16(28)22(2)4-8(26)6-24;7-5(8)3-1-2-4-6(9)10/h2*7-8,23-26H,3-6,20H2,1-2H3;1-4H2,(H,7,8)(H,9,10). The van der Waals surface area contributed by atoms with Crippen molar-refractivity contribution in [1.82, 2.24) is 19.6 Å². The van der Waals surface area contributed by atoms with Crippen molar-refractivity contribution in [1.29, 1.82) is 0 Å². The van der Waals surface area contributed by atoms with Gasteiger partial charge < -0.3 is 82.1 Å². The van der Waals surface area contributed by atoms with E-state index in [1.54, 1.807) is 0 Å². The van der Waals surface area contributed by atoms with Crippen LogP contribution in [0.3, 0.4) is 0 Å². The van der Waals surface area contributed by atoms with Crippen LogP contribution in [-0.4, -0.2) is 211 Å². The molecular weight excluding hydrogens is 1560 g/mol. The zero-order chi connectivity index (χ0) is 51.5. The summed E-state index contributed by atoms with van der Waals surface area (Å²) in [5.41, 5.74) is 13.8. The number of carbonyl (C=O) groups is 6. The van der Waals surface area contributed by atoms with Gasteiger partial charge in [0.05, 0.1) is 98.8 Å². The highest BCUT2D eigenvalue weighted by molar-refractivity contribution is 14.1. The molecule has 0 fully saturated rings. The lowest BCUT2D eigenvalue weighted by Crippen LogP contribution is -2.38. The number of aliphatic hydroxyl groups excluding tert-OH is 8. The first-order valence-corrected chi connectivity index (χ1v) is 25.6. The van der Waals surface area contributed by atoms with Crippen molar-refractivity contribution >= 4 is 182 Å². The Kier molecular flexibility index (Phi) is 31.5. The summed E-state index contributed by atoms with van der Waals surface area (Å²) in [5.74, 6) is -3.53. The fraction of sp³-hybridized carbons (Fsp3) is 0.526. The van der Waals surface area contributed by atoms with Crippen LogP contribution in [0.25, 0.3) is 0 Å². The Morgan fingerprint density at radius 2 is 0.606 bits per heavy atom. The monoisotopic (exact) mass is 1610 g/mol. The molecule has 0 spiro atoms. The maximum Gasteiger partial charge on any atom is 0.303 e. The van der Waals surface area contributed by atoms with Crippen LogP contribution in [0.4, 0.5) is 11.4 Å². The summed E-state index contributed by atoms with van der Waals surface area (Å²) in [4.78, 5) is 76.5. The maximum atomic E-state index is 12.9. The average molecular weight is 1610 g/mol. The SMILES string of the molecule is CN(CC(O)CO)C(=O)c1c(I)c(N)c(I)c(C(=O)N(C)CC(O)CO)c1I.CN(CC(O)CO)C(=O)c1c(I)c(N)c(I)c(C(=O)N(C)CC(O)CO)c1I.O=C(O)CCCCC(=O)O. The molecule has 2 aromatic carbocycles. The molecule has 0 aliphatic heterocycles. The summed E-state index contributed by atoms with van der Waals surface area (Å²) in [6, 6.07) is 0. The third kappa shape index (κ3) is 20.0. The van der Waals surface area contributed by atoms with E-state index in [-0.39, 0.29) is 72.6 Å². The van der Waals surface area contributed by atoms with Gasteiger partial charge in [-0.1, -0.05) is 0 Å². The van der Waals surface area contributed by atoms with Crippen molar-refractivity contribution in [2.24, 2.45) is 0 Å². The molecule has 2 rings (SSSR count). The third-order valence-electron chi connectivity index (χ3n) is 8.76. The van der Waals surface area contributed by atoms with Gasteiger partial charge in [-0.15, -0.1) is 0 Å². The number of nitrogen functional groups attached to an aromatic ring is 2. The van der Waals surface area contributed by atoms with Gasteiger partial charge in [0.2, 0.25) is 0 Å². The first-order chi connectivity index (χ1) is 30.6. The van der Waals surface area contributed by atoms with E-state index in [0.717, 1.165) is 0 Å². The molecule has 0 aromatic heterocycles. The predicted molar refractivity (Wildman–Crippen MR) is 292 cm³/mol. The molecule has 66 heavy (non-hydrogen) atoms. The second-order valence-corrected chi connectivity index (χ2v) is 20.8. The van der Waals surface area contributed by atoms with E-state index in [4.69, 9.17) is 42.1 Å². The Bertz CT molecular complexity index is 1770. The minimum Gasteiger partial charge on any atom is -0.481 e. The Morgan fingerprint density at radius 1 is 0.424 bits per heavy atom. The molecular formula is C38H54I6N6O16. The lowest BCUT2D eigenvalue weighted by molar-refractivity contribution is -0.139. The van der Waals surface area contributed by atoms with E-state index in [1.165, 1.54) is 47.8 Å². The van der Waals surface area contributed by atoms with Crippen LogP contribution in [0.15, 0.2) is 0 Å². The van der Waals surface area contributed by atoms with Gasteiger partial charge in [-0.25, -0.2) is 0 Å². The Balaban J connectivity index is 0.00000106. The second-order valence-electron chi connectivity index (χ2n) is 14.3. The van der Waals surface area contributed by atoms with Crippen molar-refractivity contribution in [3.8, 4) is 0 Å². The predicted octanol–water partition coefficient (Wildman–Crippen LogP) is 0.582. The topological polar surface area (TPSA) is 370 Å². The smallest absolute Gasteiger partial charge is 0.303 e. The molecule has 4 atom stereocenters. The number of amides is 4. The van der Waals surface area contributed by atoms with Crippen LogP contribution in [-0.2, 0) is 9.59 Å². The summed E-state index contributed by atoms with van der Waals surface area (Å²) in [6.07, 6.45) is -3.32. The van der Waals surface area contributed by atoms with E-state index in [1.807, 2.05) is 136 Å². The number of unbranched alkanes of at least 4 members (excludes halogenated alkanes) is 1. The molecule has 374 valence electrons. The molecule has 28 heteroatoms. The average Bonchev–Trinajstić information content (AvgIpc) is 3.26. The molecule has 0 aliphatic rings. The van der Waals surface area contributed by atoms with Crippen molar-refractivity contribution in [2.45, 2.75) is 50.1 Å². The summed E-state index contributed by atoms with van der Waals surface area (Å²) >= 11 is 11.6. The van der Waals surface area contributed by atoms with E-state index in [2.05, 4.69) is 0 Å². The second kappa shape index (κ2) is 32.0. The van der Waals surface area contributed by atoms with Gasteiger partial charge in [0, 0.05) is 74.4 Å². The van der Waals surface area contributed by atoms with Crippen LogP contribution >= 0.6 is 136 Å². The highest BCUT2D eigenvalue weighted by Crippen LogP contribution is 2.36. The fourth-order valence-corrected chi connectivity index (χ4v) is 13.4. The van der Waals surface area contributed by atoms with Crippen LogP contribution < -0.4 is 11.5 Å². The maximum absolute atomic E-state index is 12.9. The molecule has 4 amide bonds. The summed E-state index contributed by atoms with van der Waals surface area (Å²) in [5, 5.41) is 90.7. The number of carbonyl (C=O) groups excluding carboxylic acids is 4. The number of rotatable bonds is 21. The number of nitrogens with two attached hydrogens (primary N) is 2. The van der Waals surface area contributed by atoms with Gasteiger partial charge >= 0.3 is 11.9 Å². The molecule has 0 radical (unpaired) electrons. The van der Waals surface area contributed by atoms with Gasteiger partial charge in [-0.3, -0.25) is 28.8 Å². The Hall–Kier alpha value is -1.08. The lowest BCUT2D eigenvalue weighted by Gasteiger charge is -2.25. The van der Waals surface area contributed by atoms with Crippen LogP contribution in [0, 0.1) is 21.4 Å². The molecule has 14 N–H and O–H groups in total. The molecule has 0 saturated heterocycles. The van der Waals surface area contributed by atoms with E-state index < -0.39 is 86.4 Å². The Morgan fingerprint density at radius 3 is 0.758 bits per heavy atom. The van der Waals surface area contributed by atoms with Crippen LogP contribution in [0.1, 0.15) is 67.1 Å². The largest absolute Gasteiger partial charge is 0.481 e. The van der Waals surface area contributed by atoms with Gasteiger partial charge in [0.1, 0.15) is 0 Å². The number of anilines is 2. The fourth-order valence-electron chi connectivity index (χ4n) is 5.26. The highest BCUT2D eigenvalue weighted by atomic mass is 127. The minimum atomic E-state index is -1.09. The number of benzene rings is 2. The van der Waals surface area contributed by atoms with E-state index >= 15 is 0 Å².